The van der Waals surface area contributed by atoms with Crippen LogP contribution in [-0.4, -0.2) is 25.1 Å². The van der Waals surface area contributed by atoms with Crippen LogP contribution in [0.4, 0.5) is 17.6 Å². The zero-order valence-corrected chi connectivity index (χ0v) is 17.0. The molecular formula is C15H17F4IN4OS. The standard InChI is InChI=1S/C15H16F4N4OS.HI/c1-20-14(21-6-9-3-4-11(24-2)10(16)5-9)22-7-13-23-12(8-25-13)15(17,18)19;/h3-5,8H,6-7H2,1-2H3,(H2,20,21,22);1H. The van der Waals surface area contributed by atoms with Gasteiger partial charge in [0.2, 0.25) is 0 Å². The van der Waals surface area contributed by atoms with Gasteiger partial charge in [-0.2, -0.15) is 13.2 Å². The summed E-state index contributed by atoms with van der Waals surface area (Å²) in [7, 11) is 2.90. The van der Waals surface area contributed by atoms with Crippen molar-refractivity contribution in [3.8, 4) is 5.75 Å². The Labute approximate surface area is 168 Å². The lowest BCUT2D eigenvalue weighted by Crippen LogP contribution is -2.36. The summed E-state index contributed by atoms with van der Waals surface area (Å²) in [5.74, 6) is 0.0303. The molecule has 5 nitrogen and oxygen atoms in total. The first-order valence-electron chi connectivity index (χ1n) is 7.12. The lowest BCUT2D eigenvalue weighted by Gasteiger charge is -2.11. The number of hydrogen-bond acceptors (Lipinski definition) is 4. The molecule has 1 aromatic heterocycles. The fourth-order valence-electron chi connectivity index (χ4n) is 1.91. The number of benzene rings is 1. The zero-order valence-electron chi connectivity index (χ0n) is 13.9. The molecule has 144 valence electrons. The van der Waals surface area contributed by atoms with Crippen molar-refractivity contribution in [3.63, 3.8) is 0 Å². The van der Waals surface area contributed by atoms with Gasteiger partial charge in [0.1, 0.15) is 5.01 Å². The van der Waals surface area contributed by atoms with Crippen LogP contribution in [-0.2, 0) is 19.3 Å². The van der Waals surface area contributed by atoms with Gasteiger partial charge < -0.3 is 15.4 Å². The Kier molecular flexibility index (Phi) is 8.53. The molecule has 0 atom stereocenters. The monoisotopic (exact) mass is 504 g/mol. The van der Waals surface area contributed by atoms with Crippen LogP contribution in [0, 0.1) is 5.82 Å². The largest absolute Gasteiger partial charge is 0.494 e. The van der Waals surface area contributed by atoms with Crippen molar-refractivity contribution in [3.05, 3.63) is 45.7 Å². The van der Waals surface area contributed by atoms with Crippen LogP contribution in [0.3, 0.4) is 0 Å². The summed E-state index contributed by atoms with van der Waals surface area (Å²) in [6.07, 6.45) is -4.45. The number of thiazole rings is 1. The first-order valence-corrected chi connectivity index (χ1v) is 8.00. The van der Waals surface area contributed by atoms with Crippen molar-refractivity contribution < 1.29 is 22.3 Å². The summed E-state index contributed by atoms with van der Waals surface area (Å²) in [5.41, 5.74) is -0.249. The van der Waals surface area contributed by atoms with Crippen LogP contribution >= 0.6 is 35.3 Å². The second-order valence-corrected chi connectivity index (χ2v) is 5.82. The molecule has 2 aromatic rings. The van der Waals surface area contributed by atoms with E-state index in [1.807, 2.05) is 0 Å². The number of aliphatic imine (C=N–C) groups is 1. The zero-order chi connectivity index (χ0) is 18.4. The minimum Gasteiger partial charge on any atom is -0.494 e. The highest BCUT2D eigenvalue weighted by Gasteiger charge is 2.33. The molecule has 26 heavy (non-hydrogen) atoms. The van der Waals surface area contributed by atoms with Gasteiger partial charge in [-0.3, -0.25) is 4.99 Å². The highest BCUT2D eigenvalue weighted by molar-refractivity contribution is 14.0. The third-order valence-electron chi connectivity index (χ3n) is 3.15. The molecule has 0 bridgehead atoms. The maximum atomic E-state index is 13.6. The Morgan fingerprint density at radius 3 is 2.50 bits per heavy atom. The van der Waals surface area contributed by atoms with Gasteiger partial charge in [0.25, 0.3) is 0 Å². The SMILES string of the molecule is CN=C(NCc1ccc(OC)c(F)c1)NCc1nc(C(F)(F)F)cs1.I. The van der Waals surface area contributed by atoms with Crippen LogP contribution in [0.5, 0.6) is 5.75 Å². The number of rotatable bonds is 5. The van der Waals surface area contributed by atoms with Gasteiger partial charge in [-0.1, -0.05) is 6.07 Å². The van der Waals surface area contributed by atoms with Gasteiger partial charge >= 0.3 is 6.18 Å². The highest BCUT2D eigenvalue weighted by Crippen LogP contribution is 2.29. The first kappa shape index (κ1) is 22.4. The van der Waals surface area contributed by atoms with E-state index in [9.17, 15) is 17.6 Å². The molecule has 0 aliphatic rings. The summed E-state index contributed by atoms with van der Waals surface area (Å²) in [5, 5.41) is 7.05. The van der Waals surface area contributed by atoms with Gasteiger partial charge in [0, 0.05) is 19.0 Å². The van der Waals surface area contributed by atoms with Crippen molar-refractivity contribution in [1.82, 2.24) is 15.6 Å². The topological polar surface area (TPSA) is 58.5 Å². The van der Waals surface area contributed by atoms with Crippen molar-refractivity contribution in [2.75, 3.05) is 14.2 Å². The predicted molar refractivity (Wildman–Crippen MR) is 103 cm³/mol. The number of hydrogen-bond donors (Lipinski definition) is 2. The van der Waals surface area contributed by atoms with Crippen molar-refractivity contribution >= 4 is 41.3 Å². The van der Waals surface area contributed by atoms with Crippen LogP contribution in [0.1, 0.15) is 16.3 Å². The third kappa shape index (κ3) is 6.27. The fourth-order valence-corrected chi connectivity index (χ4v) is 2.65. The molecule has 0 amide bonds. The number of alkyl halides is 3. The van der Waals surface area contributed by atoms with Crippen LogP contribution < -0.4 is 15.4 Å². The van der Waals surface area contributed by atoms with Gasteiger partial charge in [0.05, 0.1) is 13.7 Å². The molecule has 0 aliphatic carbocycles. The summed E-state index contributed by atoms with van der Waals surface area (Å²) in [6.45, 7) is 0.379. The molecule has 0 spiro atoms. The number of methoxy groups -OCH3 is 1. The molecule has 2 rings (SSSR count). The molecule has 0 saturated heterocycles. The second kappa shape index (κ2) is 9.90. The number of aromatic nitrogens is 1. The number of guanidine groups is 1. The van der Waals surface area contributed by atoms with Crippen LogP contribution in [0.2, 0.25) is 0 Å². The van der Waals surface area contributed by atoms with Crippen molar-refractivity contribution in [2.45, 2.75) is 19.3 Å². The average molecular weight is 504 g/mol. The van der Waals surface area contributed by atoms with E-state index >= 15 is 0 Å². The highest BCUT2D eigenvalue weighted by atomic mass is 127. The lowest BCUT2D eigenvalue weighted by molar-refractivity contribution is -0.140. The molecule has 1 aromatic carbocycles. The number of halogens is 5. The number of nitrogens with zero attached hydrogens (tertiary/aromatic N) is 2. The number of nitrogens with one attached hydrogen (secondary N) is 2. The molecule has 0 aliphatic heterocycles. The van der Waals surface area contributed by atoms with Gasteiger partial charge in [-0.05, 0) is 17.7 Å². The Bertz CT molecular complexity index is 751. The van der Waals surface area contributed by atoms with Gasteiger partial charge in [-0.15, -0.1) is 35.3 Å². The maximum Gasteiger partial charge on any atom is 0.434 e. The van der Waals surface area contributed by atoms with E-state index in [0.29, 0.717) is 11.5 Å². The Hall–Kier alpha value is -1.63. The van der Waals surface area contributed by atoms with E-state index in [1.165, 1.54) is 26.3 Å². The smallest absolute Gasteiger partial charge is 0.434 e. The average Bonchev–Trinajstić information content (AvgIpc) is 3.04. The Morgan fingerprint density at radius 1 is 1.27 bits per heavy atom. The van der Waals surface area contributed by atoms with E-state index in [4.69, 9.17) is 4.74 Å². The minimum absolute atomic E-state index is 0. The van der Waals surface area contributed by atoms with Crippen molar-refractivity contribution in [2.24, 2.45) is 4.99 Å². The summed E-state index contributed by atoms with van der Waals surface area (Å²) in [4.78, 5) is 7.48. The summed E-state index contributed by atoms with van der Waals surface area (Å²) >= 11 is 0.910. The molecule has 0 fully saturated rings. The third-order valence-corrected chi connectivity index (χ3v) is 4.00. The fraction of sp³-hybridized carbons (Fsp3) is 0.333. The first-order chi connectivity index (χ1) is 11.8. The molecule has 1 heterocycles. The van der Waals surface area contributed by atoms with E-state index in [0.717, 1.165) is 16.7 Å². The Morgan fingerprint density at radius 2 is 1.96 bits per heavy atom. The van der Waals surface area contributed by atoms with Crippen LogP contribution in [0.25, 0.3) is 0 Å². The molecule has 2 N–H and O–H groups in total. The summed E-state index contributed by atoms with van der Waals surface area (Å²) < 4.78 is 56.0. The van der Waals surface area contributed by atoms with E-state index in [-0.39, 0.29) is 47.8 Å². The Balaban J connectivity index is 0.00000338. The summed E-state index contributed by atoms with van der Waals surface area (Å²) in [6, 6.07) is 4.53. The number of ether oxygens (including phenoxy) is 1. The molecule has 0 unspecified atom stereocenters. The van der Waals surface area contributed by atoms with E-state index in [2.05, 4.69) is 20.6 Å². The van der Waals surface area contributed by atoms with Gasteiger partial charge in [0.15, 0.2) is 23.2 Å². The molecule has 0 radical (unpaired) electrons. The predicted octanol–water partition coefficient (Wildman–Crippen LogP) is 3.79. The van der Waals surface area contributed by atoms with Crippen molar-refractivity contribution in [1.29, 1.82) is 0 Å². The second-order valence-electron chi connectivity index (χ2n) is 4.87. The lowest BCUT2D eigenvalue weighted by atomic mass is 10.2. The maximum absolute atomic E-state index is 13.6. The molecule has 11 heteroatoms. The van der Waals surface area contributed by atoms with E-state index in [1.54, 1.807) is 6.07 Å². The quantitative estimate of drug-likeness (QED) is 0.282. The van der Waals surface area contributed by atoms with E-state index < -0.39 is 17.7 Å². The van der Waals surface area contributed by atoms with Crippen LogP contribution in [0.15, 0.2) is 28.6 Å². The van der Waals surface area contributed by atoms with Gasteiger partial charge in [-0.25, -0.2) is 9.37 Å². The molecule has 0 saturated carbocycles. The normalized spacial score (nSPS) is 11.7. The minimum atomic E-state index is -4.45. The molecular weight excluding hydrogens is 487 g/mol.